The van der Waals surface area contributed by atoms with E-state index in [0.29, 0.717) is 22.7 Å². The van der Waals surface area contributed by atoms with Gasteiger partial charge in [-0.05, 0) is 48.3 Å². The Labute approximate surface area is 178 Å². The van der Waals surface area contributed by atoms with Crippen molar-refractivity contribution in [1.29, 1.82) is 0 Å². The fourth-order valence-electron chi connectivity index (χ4n) is 3.68. The lowest BCUT2D eigenvalue weighted by Gasteiger charge is -2.38. The molecule has 2 aliphatic heterocycles. The van der Waals surface area contributed by atoms with Crippen LogP contribution >= 0.6 is 23.8 Å². The highest BCUT2D eigenvalue weighted by Crippen LogP contribution is 2.31. The molecule has 1 unspecified atom stereocenters. The maximum absolute atomic E-state index is 10.8. The number of anilines is 1. The van der Waals surface area contributed by atoms with Gasteiger partial charge in [0.2, 0.25) is 0 Å². The first-order valence-corrected chi connectivity index (χ1v) is 10.0. The number of hydrogen-bond acceptors (Lipinski definition) is 6. The SMILES string of the molecule is CC1(CN2CCN(C(=S)Nc3ccc(Cl)cc3)CC2)Cn2cc([N+](=O)[O-])nc2O1. The van der Waals surface area contributed by atoms with Crippen LogP contribution in [0.3, 0.4) is 0 Å². The molecule has 1 aromatic heterocycles. The van der Waals surface area contributed by atoms with Crippen LogP contribution in [0.2, 0.25) is 5.02 Å². The van der Waals surface area contributed by atoms with Crippen molar-refractivity contribution < 1.29 is 9.66 Å². The molecule has 0 saturated carbocycles. The molecule has 1 N–H and O–H groups in total. The lowest BCUT2D eigenvalue weighted by Crippen LogP contribution is -2.54. The number of nitrogens with zero attached hydrogens (tertiary/aromatic N) is 5. The van der Waals surface area contributed by atoms with E-state index in [9.17, 15) is 10.1 Å². The molecule has 9 nitrogen and oxygen atoms in total. The van der Waals surface area contributed by atoms with Crippen molar-refractivity contribution in [2.24, 2.45) is 0 Å². The Morgan fingerprint density at radius 3 is 2.66 bits per heavy atom. The van der Waals surface area contributed by atoms with Gasteiger partial charge in [-0.25, -0.2) is 0 Å². The molecular weight excluding hydrogens is 416 g/mol. The average molecular weight is 437 g/mol. The maximum atomic E-state index is 10.8. The van der Waals surface area contributed by atoms with Gasteiger partial charge in [-0.3, -0.25) is 9.47 Å². The number of fused-ring (bicyclic) bond motifs is 1. The van der Waals surface area contributed by atoms with Gasteiger partial charge in [0, 0.05) is 48.4 Å². The van der Waals surface area contributed by atoms with Crippen molar-refractivity contribution in [1.82, 2.24) is 19.4 Å². The molecule has 1 atom stereocenters. The molecule has 0 bridgehead atoms. The summed E-state index contributed by atoms with van der Waals surface area (Å²) in [6.45, 7) is 6.59. The quantitative estimate of drug-likeness (QED) is 0.444. The minimum atomic E-state index is -0.508. The summed E-state index contributed by atoms with van der Waals surface area (Å²) in [5, 5.41) is 15.5. The Kier molecular flexibility index (Phi) is 5.32. The maximum Gasteiger partial charge on any atom is 0.415 e. The molecule has 2 aliphatic rings. The van der Waals surface area contributed by atoms with Gasteiger partial charge in [-0.1, -0.05) is 11.6 Å². The molecule has 0 amide bonds. The van der Waals surface area contributed by atoms with Crippen LogP contribution in [0, 0.1) is 10.1 Å². The molecule has 0 aliphatic carbocycles. The van der Waals surface area contributed by atoms with E-state index < -0.39 is 10.5 Å². The van der Waals surface area contributed by atoms with Crippen molar-refractivity contribution in [3.8, 4) is 6.01 Å². The summed E-state index contributed by atoms with van der Waals surface area (Å²) >= 11 is 11.4. The number of hydrogen-bond donors (Lipinski definition) is 1. The summed E-state index contributed by atoms with van der Waals surface area (Å²) in [4.78, 5) is 18.7. The minimum Gasteiger partial charge on any atom is -0.436 e. The Morgan fingerprint density at radius 2 is 2.03 bits per heavy atom. The predicted octanol–water partition coefficient (Wildman–Crippen LogP) is 2.61. The van der Waals surface area contributed by atoms with Crippen molar-refractivity contribution in [3.05, 3.63) is 45.6 Å². The summed E-state index contributed by atoms with van der Waals surface area (Å²) in [5.74, 6) is -0.183. The van der Waals surface area contributed by atoms with Gasteiger partial charge >= 0.3 is 11.8 Å². The molecule has 29 heavy (non-hydrogen) atoms. The molecule has 1 fully saturated rings. The second-order valence-electron chi connectivity index (χ2n) is 7.52. The predicted molar refractivity (Wildman–Crippen MR) is 114 cm³/mol. The zero-order chi connectivity index (χ0) is 20.6. The standard InChI is InChI=1S/C18H21ClN6O3S/c1-18(12-24-10-15(25(26)27)21-16(24)28-18)11-22-6-8-23(9-7-22)17(29)20-14-4-2-13(19)3-5-14/h2-5,10H,6-9,11-12H2,1H3,(H,20,29). The van der Waals surface area contributed by atoms with Gasteiger partial charge in [0.05, 0.1) is 6.54 Å². The third-order valence-corrected chi connectivity index (χ3v) is 5.68. The van der Waals surface area contributed by atoms with Gasteiger partial charge in [0.1, 0.15) is 11.8 Å². The first kappa shape index (κ1) is 19.9. The van der Waals surface area contributed by atoms with E-state index in [1.807, 2.05) is 31.2 Å². The highest BCUT2D eigenvalue weighted by atomic mass is 35.5. The van der Waals surface area contributed by atoms with Crippen molar-refractivity contribution in [3.63, 3.8) is 0 Å². The van der Waals surface area contributed by atoms with Crippen LogP contribution in [0.1, 0.15) is 6.92 Å². The lowest BCUT2D eigenvalue weighted by atomic mass is 10.1. The number of halogens is 1. The number of nitro groups is 1. The van der Waals surface area contributed by atoms with Crippen molar-refractivity contribution in [2.75, 3.05) is 38.0 Å². The largest absolute Gasteiger partial charge is 0.436 e. The van der Waals surface area contributed by atoms with E-state index in [4.69, 9.17) is 28.6 Å². The summed E-state index contributed by atoms with van der Waals surface area (Å²) in [6.07, 6.45) is 1.43. The fourth-order valence-corrected chi connectivity index (χ4v) is 4.11. The van der Waals surface area contributed by atoms with Crippen LogP contribution in [0.5, 0.6) is 6.01 Å². The molecule has 3 heterocycles. The molecular formula is C18H21ClN6O3S. The number of rotatable bonds is 4. The third-order valence-electron chi connectivity index (χ3n) is 5.07. The van der Waals surface area contributed by atoms with Crippen LogP contribution in [0.15, 0.2) is 30.5 Å². The number of piperazine rings is 1. The van der Waals surface area contributed by atoms with E-state index >= 15 is 0 Å². The van der Waals surface area contributed by atoms with Crippen LogP contribution in [-0.4, -0.2) is 67.7 Å². The molecule has 1 saturated heterocycles. The minimum absolute atomic E-state index is 0.183. The van der Waals surface area contributed by atoms with Crippen LogP contribution in [0.25, 0.3) is 0 Å². The second-order valence-corrected chi connectivity index (χ2v) is 8.34. The number of benzene rings is 1. The summed E-state index contributed by atoms with van der Waals surface area (Å²) in [5.41, 5.74) is 0.457. The van der Waals surface area contributed by atoms with Crippen molar-refractivity contribution >= 4 is 40.4 Å². The van der Waals surface area contributed by atoms with Crippen LogP contribution in [0.4, 0.5) is 11.5 Å². The number of ether oxygens (including phenoxy) is 1. The Bertz CT molecular complexity index is 903. The normalized spacial score (nSPS) is 21.5. The van der Waals surface area contributed by atoms with Crippen LogP contribution in [-0.2, 0) is 6.54 Å². The zero-order valence-corrected chi connectivity index (χ0v) is 17.4. The van der Waals surface area contributed by atoms with Gasteiger partial charge in [-0.15, -0.1) is 0 Å². The highest BCUT2D eigenvalue weighted by molar-refractivity contribution is 7.80. The van der Waals surface area contributed by atoms with E-state index in [1.165, 1.54) is 6.20 Å². The monoisotopic (exact) mass is 436 g/mol. The number of aromatic nitrogens is 2. The van der Waals surface area contributed by atoms with E-state index in [1.54, 1.807) is 4.57 Å². The molecule has 1 aromatic carbocycles. The molecule has 0 radical (unpaired) electrons. The van der Waals surface area contributed by atoms with E-state index in [-0.39, 0.29) is 5.82 Å². The van der Waals surface area contributed by atoms with Gasteiger partial charge in [0.25, 0.3) is 0 Å². The summed E-state index contributed by atoms with van der Waals surface area (Å²) in [6, 6.07) is 7.76. The molecule has 2 aromatic rings. The van der Waals surface area contributed by atoms with Gasteiger partial charge in [0.15, 0.2) is 5.11 Å². The topological polar surface area (TPSA) is 88.7 Å². The number of imidazole rings is 1. The summed E-state index contributed by atoms with van der Waals surface area (Å²) in [7, 11) is 0. The Hall–Kier alpha value is -2.43. The Morgan fingerprint density at radius 1 is 1.34 bits per heavy atom. The van der Waals surface area contributed by atoms with Crippen LogP contribution < -0.4 is 10.1 Å². The molecule has 0 spiro atoms. The zero-order valence-electron chi connectivity index (χ0n) is 15.9. The van der Waals surface area contributed by atoms with Crippen molar-refractivity contribution in [2.45, 2.75) is 19.1 Å². The van der Waals surface area contributed by atoms with E-state index in [0.717, 1.165) is 38.4 Å². The molecule has 4 rings (SSSR count). The second kappa shape index (κ2) is 7.77. The van der Waals surface area contributed by atoms with E-state index in [2.05, 4.69) is 20.1 Å². The molecule has 11 heteroatoms. The molecule has 154 valence electrons. The van der Waals surface area contributed by atoms with Gasteiger partial charge < -0.3 is 25.1 Å². The third kappa shape index (κ3) is 4.44. The Balaban J connectivity index is 1.27. The smallest absolute Gasteiger partial charge is 0.415 e. The fraction of sp³-hybridized carbons (Fsp3) is 0.444. The highest BCUT2D eigenvalue weighted by Gasteiger charge is 2.41. The average Bonchev–Trinajstić information content (AvgIpc) is 3.19. The first-order valence-electron chi connectivity index (χ1n) is 9.26. The van der Waals surface area contributed by atoms with Gasteiger partial charge in [-0.2, -0.15) is 0 Å². The lowest BCUT2D eigenvalue weighted by molar-refractivity contribution is -0.389. The number of nitrogens with one attached hydrogen (secondary N) is 1. The first-order chi connectivity index (χ1) is 13.8. The summed E-state index contributed by atoms with van der Waals surface area (Å²) < 4.78 is 7.64. The number of thiocarbonyl (C=S) groups is 1.